The summed E-state index contributed by atoms with van der Waals surface area (Å²) in [6, 6.07) is 13.4. The third kappa shape index (κ3) is 4.46. The number of nitrogens with one attached hydrogen (secondary N) is 2. The number of rotatable bonds is 3. The van der Waals surface area contributed by atoms with Gasteiger partial charge in [0.05, 0.1) is 0 Å². The van der Waals surface area contributed by atoms with Crippen molar-refractivity contribution in [2.24, 2.45) is 0 Å². The van der Waals surface area contributed by atoms with Gasteiger partial charge in [-0.1, -0.05) is 40.2 Å². The van der Waals surface area contributed by atoms with Gasteiger partial charge in [0.15, 0.2) is 0 Å². The van der Waals surface area contributed by atoms with Crippen molar-refractivity contribution < 1.29 is 4.79 Å². The molecule has 0 atom stereocenters. The number of hydrogen-bond acceptors (Lipinski definition) is 1. The molecule has 21 heavy (non-hydrogen) atoms. The van der Waals surface area contributed by atoms with Crippen molar-refractivity contribution in [1.82, 2.24) is 5.32 Å². The number of hydrogen-bond donors (Lipinski definition) is 2. The molecule has 0 heterocycles. The van der Waals surface area contributed by atoms with E-state index in [2.05, 4.69) is 26.6 Å². The number of anilines is 1. The Balaban J connectivity index is 1.95. The maximum atomic E-state index is 11.9. The highest BCUT2D eigenvalue weighted by molar-refractivity contribution is 9.10. The fraction of sp³-hybridized carbons (Fsp3) is 0.118. The third-order valence-electron chi connectivity index (χ3n) is 3.19. The van der Waals surface area contributed by atoms with E-state index in [1.54, 1.807) is 6.20 Å². The molecule has 2 aromatic carbocycles. The first-order chi connectivity index (χ1) is 10.1. The highest BCUT2D eigenvalue weighted by Crippen LogP contribution is 2.17. The van der Waals surface area contributed by atoms with Crippen LogP contribution in [0.25, 0.3) is 6.08 Å². The number of urea groups is 1. The molecule has 108 valence electrons. The zero-order valence-electron chi connectivity index (χ0n) is 12.0. The van der Waals surface area contributed by atoms with Gasteiger partial charge in [0.1, 0.15) is 0 Å². The first kappa shape index (κ1) is 15.3. The van der Waals surface area contributed by atoms with Gasteiger partial charge in [0.2, 0.25) is 0 Å². The summed E-state index contributed by atoms with van der Waals surface area (Å²) in [5.74, 6) is 0. The van der Waals surface area contributed by atoms with E-state index in [1.165, 1.54) is 0 Å². The second kappa shape index (κ2) is 7.09. The minimum absolute atomic E-state index is 0.255. The van der Waals surface area contributed by atoms with Gasteiger partial charge in [-0.25, -0.2) is 4.79 Å². The maximum absolute atomic E-state index is 11.9. The molecule has 3 nitrogen and oxygen atoms in total. The van der Waals surface area contributed by atoms with Crippen molar-refractivity contribution in [2.45, 2.75) is 13.8 Å². The molecule has 0 aliphatic heterocycles. The van der Waals surface area contributed by atoms with Gasteiger partial charge in [0.25, 0.3) is 0 Å². The third-order valence-corrected chi connectivity index (χ3v) is 3.68. The predicted molar refractivity (Wildman–Crippen MR) is 91.2 cm³/mol. The van der Waals surface area contributed by atoms with Crippen LogP contribution in [-0.4, -0.2) is 6.03 Å². The van der Waals surface area contributed by atoms with Crippen molar-refractivity contribution in [3.63, 3.8) is 0 Å². The molecule has 2 aromatic rings. The molecule has 0 bridgehead atoms. The van der Waals surface area contributed by atoms with Gasteiger partial charge in [-0.05, 0) is 54.8 Å². The molecular weight excluding hydrogens is 328 g/mol. The van der Waals surface area contributed by atoms with Gasteiger partial charge >= 0.3 is 6.03 Å². The molecule has 2 amide bonds. The van der Waals surface area contributed by atoms with Crippen molar-refractivity contribution >= 4 is 33.7 Å². The summed E-state index contributed by atoms with van der Waals surface area (Å²) in [6.45, 7) is 4.01. The van der Waals surface area contributed by atoms with E-state index in [4.69, 9.17) is 0 Å². The van der Waals surface area contributed by atoms with Crippen LogP contribution in [0.5, 0.6) is 0 Å². The predicted octanol–water partition coefficient (Wildman–Crippen LogP) is 4.86. The summed E-state index contributed by atoms with van der Waals surface area (Å²) >= 11 is 3.41. The largest absolute Gasteiger partial charge is 0.323 e. The van der Waals surface area contributed by atoms with Crippen LogP contribution in [0.15, 0.2) is 53.1 Å². The van der Waals surface area contributed by atoms with Crippen LogP contribution < -0.4 is 10.6 Å². The summed E-state index contributed by atoms with van der Waals surface area (Å²) in [5.41, 5.74) is 4.06. The lowest BCUT2D eigenvalue weighted by Crippen LogP contribution is -2.24. The maximum Gasteiger partial charge on any atom is 0.323 e. The Kier molecular flexibility index (Phi) is 5.17. The first-order valence-electron chi connectivity index (χ1n) is 6.62. The summed E-state index contributed by atoms with van der Waals surface area (Å²) in [5, 5.41) is 5.54. The van der Waals surface area contributed by atoms with E-state index in [0.717, 1.165) is 26.9 Å². The van der Waals surface area contributed by atoms with Gasteiger partial charge in [0, 0.05) is 16.4 Å². The molecule has 2 rings (SSSR count). The number of benzene rings is 2. The monoisotopic (exact) mass is 344 g/mol. The highest BCUT2D eigenvalue weighted by atomic mass is 79.9. The molecule has 0 fully saturated rings. The second-order valence-corrected chi connectivity index (χ2v) is 5.65. The van der Waals surface area contributed by atoms with Gasteiger partial charge in [-0.3, -0.25) is 0 Å². The van der Waals surface area contributed by atoms with E-state index in [9.17, 15) is 4.79 Å². The lowest BCUT2D eigenvalue weighted by atomic mass is 10.1. The summed E-state index contributed by atoms with van der Waals surface area (Å²) in [6.07, 6.45) is 3.47. The van der Waals surface area contributed by atoms with Crippen LogP contribution in [-0.2, 0) is 0 Å². The van der Waals surface area contributed by atoms with Crippen LogP contribution >= 0.6 is 15.9 Å². The van der Waals surface area contributed by atoms with Crippen molar-refractivity contribution in [2.75, 3.05) is 5.32 Å². The van der Waals surface area contributed by atoms with Gasteiger partial charge in [-0.2, -0.15) is 0 Å². The molecule has 2 N–H and O–H groups in total. The van der Waals surface area contributed by atoms with Crippen LogP contribution in [0.2, 0.25) is 0 Å². The van der Waals surface area contributed by atoms with Gasteiger partial charge in [-0.15, -0.1) is 0 Å². The van der Waals surface area contributed by atoms with E-state index >= 15 is 0 Å². The Hall–Kier alpha value is -2.07. The summed E-state index contributed by atoms with van der Waals surface area (Å²) < 4.78 is 1.00. The summed E-state index contributed by atoms with van der Waals surface area (Å²) in [7, 11) is 0. The topological polar surface area (TPSA) is 41.1 Å². The SMILES string of the molecule is Cc1cccc(NC(=O)N/C=C/c2cccc(Br)c2)c1C. The Morgan fingerprint density at radius 2 is 1.90 bits per heavy atom. The smallest absolute Gasteiger partial charge is 0.314 e. The van der Waals surface area contributed by atoms with E-state index < -0.39 is 0 Å². The molecule has 0 saturated carbocycles. The Bertz CT molecular complexity index is 680. The summed E-state index contributed by atoms with van der Waals surface area (Å²) in [4.78, 5) is 11.9. The van der Waals surface area contributed by atoms with Crippen molar-refractivity contribution in [3.05, 3.63) is 69.8 Å². The number of carbonyl (C=O) groups is 1. The average Bonchev–Trinajstić information content (AvgIpc) is 2.44. The van der Waals surface area contributed by atoms with Crippen LogP contribution in [0.3, 0.4) is 0 Å². The molecule has 0 aliphatic rings. The fourth-order valence-corrected chi connectivity index (χ4v) is 2.29. The molecule has 0 aromatic heterocycles. The number of halogens is 1. The van der Waals surface area contributed by atoms with Crippen LogP contribution in [0.1, 0.15) is 16.7 Å². The lowest BCUT2D eigenvalue weighted by Gasteiger charge is -2.09. The number of carbonyl (C=O) groups excluding carboxylic acids is 1. The van der Waals surface area contributed by atoms with Crippen LogP contribution in [0.4, 0.5) is 10.5 Å². The Labute approximate surface area is 133 Å². The molecule has 0 saturated heterocycles. The zero-order valence-corrected chi connectivity index (χ0v) is 13.6. The Morgan fingerprint density at radius 1 is 1.14 bits per heavy atom. The number of aryl methyl sites for hydroxylation is 1. The molecule has 0 aliphatic carbocycles. The molecule has 4 heteroatoms. The molecule has 0 unspecified atom stereocenters. The van der Waals surface area contributed by atoms with Crippen molar-refractivity contribution in [1.29, 1.82) is 0 Å². The van der Waals surface area contributed by atoms with Crippen molar-refractivity contribution in [3.8, 4) is 0 Å². The normalized spacial score (nSPS) is 10.6. The quantitative estimate of drug-likeness (QED) is 0.820. The minimum Gasteiger partial charge on any atom is -0.314 e. The van der Waals surface area contributed by atoms with E-state index in [0.29, 0.717) is 0 Å². The van der Waals surface area contributed by atoms with Gasteiger partial charge < -0.3 is 10.6 Å². The standard InChI is InChI=1S/C17H17BrN2O/c1-12-5-3-8-16(13(12)2)20-17(21)19-10-9-14-6-4-7-15(18)11-14/h3-11H,1-2H3,(H2,19,20,21)/b10-9+. The first-order valence-corrected chi connectivity index (χ1v) is 7.41. The van der Waals surface area contributed by atoms with Crippen LogP contribution in [0, 0.1) is 13.8 Å². The molecular formula is C17H17BrN2O. The highest BCUT2D eigenvalue weighted by Gasteiger charge is 2.03. The fourth-order valence-electron chi connectivity index (χ4n) is 1.87. The second-order valence-electron chi connectivity index (χ2n) is 4.73. The average molecular weight is 345 g/mol. The molecule has 0 radical (unpaired) electrons. The Morgan fingerprint density at radius 3 is 2.67 bits per heavy atom. The number of amides is 2. The molecule has 0 spiro atoms. The van der Waals surface area contributed by atoms with E-state index in [1.807, 2.05) is 62.4 Å². The zero-order chi connectivity index (χ0) is 15.2. The lowest BCUT2D eigenvalue weighted by molar-refractivity contribution is 0.255. The van der Waals surface area contributed by atoms with E-state index in [-0.39, 0.29) is 6.03 Å². The minimum atomic E-state index is -0.255.